The predicted molar refractivity (Wildman–Crippen MR) is 130 cm³/mol. The first-order valence-electron chi connectivity index (χ1n) is 12.1. The Morgan fingerprint density at radius 1 is 1.28 bits per heavy atom. The summed E-state index contributed by atoms with van der Waals surface area (Å²) in [6.45, 7) is 8.62. The van der Waals surface area contributed by atoms with Crippen molar-refractivity contribution in [3.63, 3.8) is 0 Å². The summed E-state index contributed by atoms with van der Waals surface area (Å²) in [6.07, 6.45) is 5.27. The van der Waals surface area contributed by atoms with Gasteiger partial charge in [-0.1, -0.05) is 24.3 Å². The van der Waals surface area contributed by atoms with Crippen molar-refractivity contribution in [1.29, 1.82) is 0 Å². The molecule has 2 unspecified atom stereocenters. The molecule has 3 heterocycles. The highest BCUT2D eigenvalue weighted by Crippen LogP contribution is 2.44. The van der Waals surface area contributed by atoms with Crippen molar-refractivity contribution in [3.8, 4) is 0 Å². The van der Waals surface area contributed by atoms with Crippen LogP contribution in [0.2, 0.25) is 0 Å². The summed E-state index contributed by atoms with van der Waals surface area (Å²) in [5, 5.41) is 8.76. The lowest BCUT2D eigenvalue weighted by molar-refractivity contribution is 0.0739. The number of nitrogens with two attached hydrogens (primary N) is 1. The average Bonchev–Trinajstić information content (AvgIpc) is 3.23. The van der Waals surface area contributed by atoms with E-state index >= 15 is 0 Å². The second kappa shape index (κ2) is 10.3. The minimum absolute atomic E-state index is 0.297. The molecule has 0 saturated carbocycles. The summed E-state index contributed by atoms with van der Waals surface area (Å²) in [6, 6.07) is 10.5. The molecule has 2 aliphatic rings. The molecule has 32 heavy (non-hydrogen) atoms. The van der Waals surface area contributed by atoms with E-state index in [2.05, 4.69) is 78.2 Å². The van der Waals surface area contributed by atoms with Gasteiger partial charge in [0.25, 0.3) is 0 Å². The number of fused-ring (bicyclic) bond motifs is 1. The van der Waals surface area contributed by atoms with Crippen LogP contribution >= 0.6 is 0 Å². The Morgan fingerprint density at radius 2 is 2.06 bits per heavy atom. The Bertz CT molecular complexity index is 875. The topological polar surface area (TPSA) is 71.6 Å². The SMILES string of the molecule is CC(C)n1ncc2c1N(C)C(c1cccc(CN(C)CCN)c1)CC2NC1CCOCC1. The van der Waals surface area contributed by atoms with Gasteiger partial charge in [-0.3, -0.25) is 0 Å². The van der Waals surface area contributed by atoms with E-state index in [1.54, 1.807) is 0 Å². The number of hydrogen-bond acceptors (Lipinski definition) is 6. The third kappa shape index (κ3) is 5.01. The van der Waals surface area contributed by atoms with Gasteiger partial charge in [-0.05, 0) is 51.3 Å². The molecule has 1 fully saturated rings. The molecule has 0 bridgehead atoms. The Labute approximate surface area is 192 Å². The van der Waals surface area contributed by atoms with E-state index < -0.39 is 0 Å². The van der Waals surface area contributed by atoms with Crippen molar-refractivity contribution >= 4 is 5.82 Å². The molecular weight excluding hydrogens is 400 g/mol. The van der Waals surface area contributed by atoms with Gasteiger partial charge in [0.1, 0.15) is 5.82 Å². The molecule has 0 amide bonds. The number of rotatable bonds is 8. The summed E-state index contributed by atoms with van der Waals surface area (Å²) in [5.41, 5.74) is 9.77. The fourth-order valence-corrected chi connectivity index (χ4v) is 5.19. The molecule has 1 aromatic carbocycles. The van der Waals surface area contributed by atoms with E-state index in [0.717, 1.165) is 45.6 Å². The van der Waals surface area contributed by atoms with Crippen LogP contribution in [0.5, 0.6) is 0 Å². The molecular formula is C25H40N6O. The Morgan fingerprint density at radius 3 is 2.78 bits per heavy atom. The predicted octanol–water partition coefficient (Wildman–Crippen LogP) is 3.25. The quantitative estimate of drug-likeness (QED) is 0.657. The van der Waals surface area contributed by atoms with Gasteiger partial charge in [-0.2, -0.15) is 5.10 Å². The first-order chi connectivity index (χ1) is 15.5. The van der Waals surface area contributed by atoms with Crippen LogP contribution in [-0.4, -0.2) is 61.1 Å². The molecule has 1 saturated heterocycles. The minimum Gasteiger partial charge on any atom is -0.381 e. The van der Waals surface area contributed by atoms with E-state index in [4.69, 9.17) is 15.6 Å². The third-order valence-corrected chi connectivity index (χ3v) is 6.88. The van der Waals surface area contributed by atoms with Gasteiger partial charge in [-0.15, -0.1) is 0 Å². The lowest BCUT2D eigenvalue weighted by Gasteiger charge is -2.41. The van der Waals surface area contributed by atoms with Crippen LogP contribution in [0.1, 0.15) is 67.9 Å². The lowest BCUT2D eigenvalue weighted by atomic mass is 9.89. The molecule has 2 aliphatic heterocycles. The highest BCUT2D eigenvalue weighted by molar-refractivity contribution is 5.54. The number of ether oxygens (including phenoxy) is 1. The lowest BCUT2D eigenvalue weighted by Crippen LogP contribution is -2.42. The van der Waals surface area contributed by atoms with Gasteiger partial charge < -0.3 is 25.6 Å². The van der Waals surface area contributed by atoms with Gasteiger partial charge in [0.15, 0.2) is 0 Å². The smallest absolute Gasteiger partial charge is 0.132 e. The highest BCUT2D eigenvalue weighted by atomic mass is 16.5. The van der Waals surface area contributed by atoms with E-state index in [1.807, 2.05) is 0 Å². The second-order valence-corrected chi connectivity index (χ2v) is 9.70. The first kappa shape index (κ1) is 23.2. The van der Waals surface area contributed by atoms with Crippen molar-refractivity contribution in [1.82, 2.24) is 20.0 Å². The largest absolute Gasteiger partial charge is 0.381 e. The van der Waals surface area contributed by atoms with E-state index in [0.29, 0.717) is 30.7 Å². The molecule has 1 aromatic heterocycles. The summed E-state index contributed by atoms with van der Waals surface area (Å²) < 4.78 is 7.77. The summed E-state index contributed by atoms with van der Waals surface area (Å²) in [5.74, 6) is 1.24. The molecule has 3 N–H and O–H groups in total. The van der Waals surface area contributed by atoms with Crippen LogP contribution in [-0.2, 0) is 11.3 Å². The van der Waals surface area contributed by atoms with E-state index in [-0.39, 0.29) is 0 Å². The zero-order chi connectivity index (χ0) is 22.7. The molecule has 0 radical (unpaired) electrons. The van der Waals surface area contributed by atoms with Crippen molar-refractivity contribution in [2.75, 3.05) is 45.3 Å². The van der Waals surface area contributed by atoms with Crippen LogP contribution in [0.25, 0.3) is 0 Å². The maximum absolute atomic E-state index is 5.74. The Hall–Kier alpha value is -1.93. The van der Waals surface area contributed by atoms with Crippen molar-refractivity contribution in [2.45, 2.75) is 63.8 Å². The van der Waals surface area contributed by atoms with Gasteiger partial charge >= 0.3 is 0 Å². The van der Waals surface area contributed by atoms with Crippen molar-refractivity contribution in [3.05, 3.63) is 47.2 Å². The summed E-state index contributed by atoms with van der Waals surface area (Å²) >= 11 is 0. The van der Waals surface area contributed by atoms with Gasteiger partial charge in [0, 0.05) is 63.6 Å². The monoisotopic (exact) mass is 440 g/mol. The molecule has 0 spiro atoms. The van der Waals surface area contributed by atoms with Gasteiger partial charge in [0.05, 0.1) is 12.2 Å². The Kier molecular flexibility index (Phi) is 7.51. The number of aromatic nitrogens is 2. The van der Waals surface area contributed by atoms with Gasteiger partial charge in [0.2, 0.25) is 0 Å². The standard InChI is InChI=1S/C25H40N6O/c1-18(2)31-25-22(16-27-31)23(28-21-8-12-32-13-9-21)15-24(30(25)4)20-7-5-6-19(14-20)17-29(3)11-10-26/h5-7,14,16,18,21,23-24,28H,8-13,15,17,26H2,1-4H3. The molecule has 7 heteroatoms. The maximum Gasteiger partial charge on any atom is 0.132 e. The maximum atomic E-state index is 5.74. The number of nitrogens with one attached hydrogen (secondary N) is 1. The molecule has 2 atom stereocenters. The number of anilines is 1. The van der Waals surface area contributed by atoms with Crippen LogP contribution in [0.3, 0.4) is 0 Å². The molecule has 4 rings (SSSR count). The highest BCUT2D eigenvalue weighted by Gasteiger charge is 2.36. The molecule has 7 nitrogen and oxygen atoms in total. The first-order valence-corrected chi connectivity index (χ1v) is 12.1. The van der Waals surface area contributed by atoms with E-state index in [1.165, 1.54) is 22.5 Å². The third-order valence-electron chi connectivity index (χ3n) is 6.88. The summed E-state index contributed by atoms with van der Waals surface area (Å²) in [7, 11) is 4.36. The number of benzene rings is 1. The fourth-order valence-electron chi connectivity index (χ4n) is 5.19. The van der Waals surface area contributed by atoms with Crippen LogP contribution in [0, 0.1) is 0 Å². The summed E-state index contributed by atoms with van der Waals surface area (Å²) in [4.78, 5) is 4.72. The number of nitrogens with zero attached hydrogens (tertiary/aromatic N) is 4. The van der Waals surface area contributed by atoms with Crippen molar-refractivity contribution in [2.24, 2.45) is 5.73 Å². The second-order valence-electron chi connectivity index (χ2n) is 9.70. The zero-order valence-corrected chi connectivity index (χ0v) is 20.1. The Balaban J connectivity index is 1.63. The van der Waals surface area contributed by atoms with E-state index in [9.17, 15) is 0 Å². The molecule has 0 aliphatic carbocycles. The average molecular weight is 441 g/mol. The molecule has 176 valence electrons. The van der Waals surface area contributed by atoms with Crippen LogP contribution < -0.4 is 16.0 Å². The number of likely N-dealkylation sites (N-methyl/N-ethyl adjacent to an activating group) is 1. The van der Waals surface area contributed by atoms with Crippen molar-refractivity contribution < 1.29 is 4.74 Å². The van der Waals surface area contributed by atoms with Gasteiger partial charge in [-0.25, -0.2) is 4.68 Å². The molecule has 2 aromatic rings. The normalized spacial score (nSPS) is 22.0. The number of hydrogen-bond donors (Lipinski definition) is 2. The fraction of sp³-hybridized carbons (Fsp3) is 0.640. The minimum atomic E-state index is 0.297. The van der Waals surface area contributed by atoms with Crippen LogP contribution in [0.15, 0.2) is 30.5 Å². The van der Waals surface area contributed by atoms with Crippen LogP contribution in [0.4, 0.5) is 5.82 Å². The zero-order valence-electron chi connectivity index (χ0n) is 20.1.